The van der Waals surface area contributed by atoms with Crippen LogP contribution < -0.4 is 5.32 Å². The Labute approximate surface area is 90.0 Å². The van der Waals surface area contributed by atoms with Gasteiger partial charge in [0, 0.05) is 5.41 Å². The first-order chi connectivity index (χ1) is 7.02. The fraction of sp³-hybridized carbons (Fsp3) is 0.818. The minimum Gasteiger partial charge on any atom is -0.480 e. The number of amides is 1. The predicted molar refractivity (Wildman–Crippen MR) is 56.4 cm³/mol. The lowest BCUT2D eigenvalue weighted by molar-refractivity contribution is -0.145. The topological polar surface area (TPSA) is 66.4 Å². The molecule has 0 saturated heterocycles. The van der Waals surface area contributed by atoms with Crippen LogP contribution in [0.1, 0.15) is 46.0 Å². The number of hydrogen-bond acceptors (Lipinski definition) is 2. The SMILES string of the molecule is CCCC1(C(=O)NC(C)C(=O)O)CCC1. The molecule has 15 heavy (non-hydrogen) atoms. The van der Waals surface area contributed by atoms with Gasteiger partial charge in [-0.2, -0.15) is 0 Å². The molecule has 0 aromatic heterocycles. The highest BCUT2D eigenvalue weighted by Gasteiger charge is 2.43. The maximum atomic E-state index is 11.9. The Balaban J connectivity index is 2.54. The molecule has 0 heterocycles. The molecular weight excluding hydrogens is 194 g/mol. The molecule has 0 spiro atoms. The highest BCUT2D eigenvalue weighted by molar-refractivity contribution is 5.87. The van der Waals surface area contributed by atoms with Crippen LogP contribution in [0.15, 0.2) is 0 Å². The lowest BCUT2D eigenvalue weighted by Crippen LogP contribution is -2.50. The Morgan fingerprint density at radius 3 is 2.40 bits per heavy atom. The van der Waals surface area contributed by atoms with Crippen LogP contribution in [0.2, 0.25) is 0 Å². The Bertz CT molecular complexity index is 259. The average Bonchev–Trinajstić information content (AvgIpc) is 2.10. The van der Waals surface area contributed by atoms with Crippen molar-refractivity contribution in [3.05, 3.63) is 0 Å². The molecule has 4 nitrogen and oxygen atoms in total. The van der Waals surface area contributed by atoms with Crippen LogP contribution in [0.5, 0.6) is 0 Å². The minimum atomic E-state index is -0.977. The number of carboxylic acid groups (broad SMARTS) is 1. The van der Waals surface area contributed by atoms with E-state index in [0.29, 0.717) is 0 Å². The highest BCUT2D eigenvalue weighted by Crippen LogP contribution is 2.44. The molecule has 86 valence electrons. The van der Waals surface area contributed by atoms with Gasteiger partial charge < -0.3 is 10.4 Å². The van der Waals surface area contributed by atoms with Crippen molar-refractivity contribution in [3.63, 3.8) is 0 Å². The lowest BCUT2D eigenvalue weighted by Gasteiger charge is -2.40. The van der Waals surface area contributed by atoms with Crippen LogP contribution in [-0.4, -0.2) is 23.0 Å². The fourth-order valence-electron chi connectivity index (χ4n) is 2.08. The predicted octanol–water partition coefficient (Wildman–Crippen LogP) is 1.55. The van der Waals surface area contributed by atoms with E-state index in [1.807, 2.05) is 6.92 Å². The fourth-order valence-corrected chi connectivity index (χ4v) is 2.08. The summed E-state index contributed by atoms with van der Waals surface area (Å²) >= 11 is 0. The molecule has 0 aliphatic heterocycles. The van der Waals surface area contributed by atoms with E-state index in [0.717, 1.165) is 32.1 Å². The summed E-state index contributed by atoms with van der Waals surface area (Å²) in [5.41, 5.74) is -0.265. The van der Waals surface area contributed by atoms with Crippen molar-refractivity contribution in [3.8, 4) is 0 Å². The molecule has 1 unspecified atom stereocenters. The summed E-state index contributed by atoms with van der Waals surface area (Å²) in [6, 6.07) is -0.785. The zero-order chi connectivity index (χ0) is 11.5. The summed E-state index contributed by atoms with van der Waals surface area (Å²) in [7, 11) is 0. The van der Waals surface area contributed by atoms with Gasteiger partial charge in [-0.05, 0) is 26.2 Å². The number of aliphatic carboxylic acids is 1. The molecule has 0 radical (unpaired) electrons. The zero-order valence-corrected chi connectivity index (χ0v) is 9.38. The zero-order valence-electron chi connectivity index (χ0n) is 9.38. The molecule has 1 amide bonds. The molecule has 0 aromatic rings. The van der Waals surface area contributed by atoms with Crippen molar-refractivity contribution in [1.29, 1.82) is 0 Å². The molecule has 1 rings (SSSR count). The molecule has 0 bridgehead atoms. The normalized spacial score (nSPS) is 20.1. The molecule has 1 aliphatic carbocycles. The van der Waals surface area contributed by atoms with Crippen molar-refractivity contribution in [2.45, 2.75) is 52.0 Å². The summed E-state index contributed by atoms with van der Waals surface area (Å²) in [4.78, 5) is 22.5. The third-order valence-electron chi connectivity index (χ3n) is 3.24. The second-order valence-corrected chi connectivity index (χ2v) is 4.42. The second kappa shape index (κ2) is 4.64. The first-order valence-electron chi connectivity index (χ1n) is 5.55. The standard InChI is InChI=1S/C11H19NO3/c1-3-5-11(6-4-7-11)10(15)12-8(2)9(13)14/h8H,3-7H2,1-2H3,(H,12,15)(H,13,14). The Morgan fingerprint density at radius 1 is 1.47 bits per heavy atom. The van der Waals surface area contributed by atoms with Crippen LogP contribution in [0.4, 0.5) is 0 Å². The van der Waals surface area contributed by atoms with Gasteiger partial charge in [-0.15, -0.1) is 0 Å². The summed E-state index contributed by atoms with van der Waals surface area (Å²) in [6.45, 7) is 3.55. The minimum absolute atomic E-state index is 0.0782. The molecule has 0 aromatic carbocycles. The van der Waals surface area contributed by atoms with Gasteiger partial charge in [0.05, 0.1) is 0 Å². The van der Waals surface area contributed by atoms with Gasteiger partial charge in [0.2, 0.25) is 5.91 Å². The molecule has 2 N–H and O–H groups in total. The highest BCUT2D eigenvalue weighted by atomic mass is 16.4. The van der Waals surface area contributed by atoms with Gasteiger partial charge in [0.1, 0.15) is 6.04 Å². The van der Waals surface area contributed by atoms with Gasteiger partial charge in [-0.3, -0.25) is 9.59 Å². The molecule has 1 atom stereocenters. The summed E-state index contributed by atoms with van der Waals surface area (Å²) in [6.07, 6.45) is 4.72. The van der Waals surface area contributed by atoms with Crippen LogP contribution >= 0.6 is 0 Å². The Hall–Kier alpha value is -1.06. The van der Waals surface area contributed by atoms with E-state index < -0.39 is 12.0 Å². The molecule has 4 heteroatoms. The maximum Gasteiger partial charge on any atom is 0.325 e. The van der Waals surface area contributed by atoms with Crippen molar-refractivity contribution in [2.24, 2.45) is 5.41 Å². The monoisotopic (exact) mass is 213 g/mol. The van der Waals surface area contributed by atoms with Crippen LogP contribution in [0.3, 0.4) is 0 Å². The number of nitrogens with one attached hydrogen (secondary N) is 1. The Morgan fingerprint density at radius 2 is 2.07 bits per heavy atom. The summed E-state index contributed by atoms with van der Waals surface area (Å²) in [5.74, 6) is -1.06. The first-order valence-corrected chi connectivity index (χ1v) is 5.55. The lowest BCUT2D eigenvalue weighted by atomic mass is 9.65. The third-order valence-corrected chi connectivity index (χ3v) is 3.24. The molecule has 1 aliphatic rings. The molecule has 1 saturated carbocycles. The number of carboxylic acids is 1. The van der Waals surface area contributed by atoms with Gasteiger partial charge in [0.15, 0.2) is 0 Å². The van der Waals surface area contributed by atoms with Crippen LogP contribution in [-0.2, 0) is 9.59 Å². The summed E-state index contributed by atoms with van der Waals surface area (Å²) in [5, 5.41) is 11.3. The average molecular weight is 213 g/mol. The van der Waals surface area contributed by atoms with E-state index in [4.69, 9.17) is 5.11 Å². The number of carbonyl (C=O) groups excluding carboxylic acids is 1. The van der Waals surface area contributed by atoms with E-state index in [2.05, 4.69) is 5.32 Å². The van der Waals surface area contributed by atoms with E-state index in [9.17, 15) is 9.59 Å². The first kappa shape index (κ1) is 12.0. The summed E-state index contributed by atoms with van der Waals surface area (Å²) < 4.78 is 0. The van der Waals surface area contributed by atoms with Gasteiger partial charge in [-0.25, -0.2) is 0 Å². The number of hydrogen-bond donors (Lipinski definition) is 2. The van der Waals surface area contributed by atoms with Crippen molar-refractivity contribution in [2.75, 3.05) is 0 Å². The second-order valence-electron chi connectivity index (χ2n) is 4.42. The maximum absolute atomic E-state index is 11.9. The quantitative estimate of drug-likeness (QED) is 0.728. The van der Waals surface area contributed by atoms with Crippen LogP contribution in [0.25, 0.3) is 0 Å². The van der Waals surface area contributed by atoms with Crippen molar-refractivity contribution >= 4 is 11.9 Å². The third kappa shape index (κ3) is 2.49. The van der Waals surface area contributed by atoms with Gasteiger partial charge >= 0.3 is 5.97 Å². The largest absolute Gasteiger partial charge is 0.480 e. The number of rotatable bonds is 5. The molecule has 1 fully saturated rings. The van der Waals surface area contributed by atoms with Crippen molar-refractivity contribution < 1.29 is 14.7 Å². The van der Waals surface area contributed by atoms with E-state index in [1.54, 1.807) is 0 Å². The van der Waals surface area contributed by atoms with E-state index in [1.165, 1.54) is 6.92 Å². The van der Waals surface area contributed by atoms with Gasteiger partial charge in [0.25, 0.3) is 0 Å². The van der Waals surface area contributed by atoms with E-state index in [-0.39, 0.29) is 11.3 Å². The molecular formula is C11H19NO3. The number of carbonyl (C=O) groups is 2. The Kier molecular flexibility index (Phi) is 3.72. The smallest absolute Gasteiger partial charge is 0.325 e. The van der Waals surface area contributed by atoms with Gasteiger partial charge in [-0.1, -0.05) is 19.8 Å². The van der Waals surface area contributed by atoms with Crippen molar-refractivity contribution in [1.82, 2.24) is 5.32 Å². The van der Waals surface area contributed by atoms with Crippen LogP contribution in [0, 0.1) is 5.41 Å². The van der Waals surface area contributed by atoms with E-state index >= 15 is 0 Å².